The zero-order valence-electron chi connectivity index (χ0n) is 10.6. The molecule has 0 saturated heterocycles. The topological polar surface area (TPSA) is 88.2 Å². The standard InChI is InChI=1S/C12H14BrN3O3/c1-8-5-9(13)6-11(16(17)18)12(8)19-4-3-10(7-14)15-2/h5-6,10,15H,3-4H2,1-2H3. The Bertz CT molecular complexity index is 514. The lowest BCUT2D eigenvalue weighted by Crippen LogP contribution is -2.25. The summed E-state index contributed by atoms with van der Waals surface area (Å²) in [6.45, 7) is 1.98. The molecule has 0 radical (unpaired) electrons. The second kappa shape index (κ2) is 7.07. The van der Waals surface area contributed by atoms with Crippen molar-refractivity contribution < 1.29 is 9.66 Å². The van der Waals surface area contributed by atoms with Crippen LogP contribution in [0.15, 0.2) is 16.6 Å². The van der Waals surface area contributed by atoms with E-state index in [2.05, 4.69) is 27.3 Å². The van der Waals surface area contributed by atoms with Crippen LogP contribution in [0.25, 0.3) is 0 Å². The molecule has 0 aliphatic rings. The van der Waals surface area contributed by atoms with Crippen LogP contribution in [0.4, 0.5) is 5.69 Å². The van der Waals surface area contributed by atoms with Crippen LogP contribution in [0.5, 0.6) is 5.75 Å². The van der Waals surface area contributed by atoms with Gasteiger partial charge in [-0.2, -0.15) is 5.26 Å². The maximum atomic E-state index is 11.0. The molecule has 0 heterocycles. The third-order valence-corrected chi connectivity index (χ3v) is 3.03. The molecular formula is C12H14BrN3O3. The number of rotatable bonds is 6. The highest BCUT2D eigenvalue weighted by molar-refractivity contribution is 9.10. The Morgan fingerprint density at radius 3 is 2.84 bits per heavy atom. The summed E-state index contributed by atoms with van der Waals surface area (Å²) in [5.41, 5.74) is 0.601. The van der Waals surface area contributed by atoms with E-state index in [9.17, 15) is 10.1 Å². The summed E-state index contributed by atoms with van der Waals surface area (Å²) in [6, 6.07) is 4.90. The van der Waals surface area contributed by atoms with Crippen molar-refractivity contribution in [3.8, 4) is 11.8 Å². The van der Waals surface area contributed by atoms with Crippen molar-refractivity contribution in [2.45, 2.75) is 19.4 Å². The van der Waals surface area contributed by atoms with Crippen LogP contribution in [0.2, 0.25) is 0 Å². The minimum absolute atomic E-state index is 0.0789. The molecule has 0 bridgehead atoms. The van der Waals surface area contributed by atoms with Crippen molar-refractivity contribution >= 4 is 21.6 Å². The van der Waals surface area contributed by atoms with E-state index in [1.165, 1.54) is 6.07 Å². The Morgan fingerprint density at radius 1 is 1.63 bits per heavy atom. The van der Waals surface area contributed by atoms with Crippen LogP contribution >= 0.6 is 15.9 Å². The third kappa shape index (κ3) is 4.19. The second-order valence-electron chi connectivity index (χ2n) is 3.94. The Labute approximate surface area is 119 Å². The Balaban J connectivity index is 2.83. The monoisotopic (exact) mass is 327 g/mol. The number of nitriles is 1. The molecule has 0 aliphatic carbocycles. The van der Waals surface area contributed by atoms with Crippen molar-refractivity contribution in [3.05, 3.63) is 32.3 Å². The summed E-state index contributed by atoms with van der Waals surface area (Å²) >= 11 is 3.22. The van der Waals surface area contributed by atoms with E-state index in [-0.39, 0.29) is 24.1 Å². The van der Waals surface area contributed by atoms with Crippen LogP contribution in [-0.4, -0.2) is 24.6 Å². The molecule has 0 aromatic heterocycles. The minimum Gasteiger partial charge on any atom is -0.487 e. The van der Waals surface area contributed by atoms with Crippen molar-refractivity contribution in [1.82, 2.24) is 5.32 Å². The molecule has 1 atom stereocenters. The quantitative estimate of drug-likeness (QED) is 0.640. The Hall–Kier alpha value is -1.65. The molecule has 1 rings (SSSR count). The molecular weight excluding hydrogens is 314 g/mol. The molecule has 0 saturated carbocycles. The molecule has 1 unspecified atom stereocenters. The Kier molecular flexibility index (Phi) is 5.73. The van der Waals surface area contributed by atoms with Gasteiger partial charge in [0.2, 0.25) is 0 Å². The summed E-state index contributed by atoms with van der Waals surface area (Å²) in [4.78, 5) is 10.5. The average molecular weight is 328 g/mol. The van der Waals surface area contributed by atoms with Crippen molar-refractivity contribution in [2.24, 2.45) is 0 Å². The first-order valence-corrected chi connectivity index (χ1v) is 6.43. The van der Waals surface area contributed by atoms with E-state index in [0.29, 0.717) is 16.5 Å². The van der Waals surface area contributed by atoms with Crippen LogP contribution in [0.3, 0.4) is 0 Å². The summed E-state index contributed by atoms with van der Waals surface area (Å²) in [5, 5.41) is 22.6. The number of benzene rings is 1. The maximum absolute atomic E-state index is 11.0. The second-order valence-corrected chi connectivity index (χ2v) is 4.85. The van der Waals surface area contributed by atoms with E-state index >= 15 is 0 Å². The predicted molar refractivity (Wildman–Crippen MR) is 74.1 cm³/mol. The zero-order valence-corrected chi connectivity index (χ0v) is 12.2. The molecule has 7 heteroatoms. The fourth-order valence-electron chi connectivity index (χ4n) is 1.59. The van der Waals surface area contributed by atoms with Crippen molar-refractivity contribution in [3.63, 3.8) is 0 Å². The van der Waals surface area contributed by atoms with Gasteiger partial charge in [-0.05, 0) is 25.6 Å². The highest BCUT2D eigenvalue weighted by Crippen LogP contribution is 2.34. The first kappa shape index (κ1) is 15.4. The predicted octanol–water partition coefficient (Wildman–Crippen LogP) is 2.55. The highest BCUT2D eigenvalue weighted by atomic mass is 79.9. The van der Waals surface area contributed by atoms with Crippen molar-refractivity contribution in [2.75, 3.05) is 13.7 Å². The van der Waals surface area contributed by atoms with Gasteiger partial charge < -0.3 is 10.1 Å². The molecule has 1 aromatic rings. The number of nitro groups is 1. The maximum Gasteiger partial charge on any atom is 0.312 e. The molecule has 102 valence electrons. The SMILES string of the molecule is CNC(C#N)CCOc1c(C)cc(Br)cc1[N+](=O)[O-]. The van der Waals surface area contributed by atoms with Gasteiger partial charge >= 0.3 is 5.69 Å². The van der Waals surface area contributed by atoms with Crippen LogP contribution in [0.1, 0.15) is 12.0 Å². The van der Waals surface area contributed by atoms with E-state index in [0.717, 1.165) is 0 Å². The fraction of sp³-hybridized carbons (Fsp3) is 0.417. The van der Waals surface area contributed by atoms with Gasteiger partial charge in [-0.25, -0.2) is 0 Å². The smallest absolute Gasteiger partial charge is 0.312 e. The molecule has 1 aromatic carbocycles. The number of hydrogen-bond donors (Lipinski definition) is 1. The summed E-state index contributed by atoms with van der Waals surface area (Å²) in [6.07, 6.45) is 0.458. The van der Waals surface area contributed by atoms with E-state index in [4.69, 9.17) is 10.00 Å². The number of nitrogens with zero attached hydrogens (tertiary/aromatic N) is 2. The van der Waals surface area contributed by atoms with Crippen LogP contribution < -0.4 is 10.1 Å². The molecule has 1 N–H and O–H groups in total. The molecule has 6 nitrogen and oxygen atoms in total. The fourth-order valence-corrected chi connectivity index (χ4v) is 2.15. The van der Waals surface area contributed by atoms with Gasteiger partial charge in [-0.3, -0.25) is 10.1 Å². The molecule has 19 heavy (non-hydrogen) atoms. The average Bonchev–Trinajstić information content (AvgIpc) is 2.36. The van der Waals surface area contributed by atoms with Gasteiger partial charge in [-0.1, -0.05) is 15.9 Å². The van der Waals surface area contributed by atoms with E-state index in [1.54, 1.807) is 20.0 Å². The minimum atomic E-state index is -0.479. The lowest BCUT2D eigenvalue weighted by atomic mass is 10.2. The largest absolute Gasteiger partial charge is 0.487 e. The third-order valence-electron chi connectivity index (χ3n) is 2.57. The molecule has 0 aliphatic heterocycles. The number of aryl methyl sites for hydroxylation is 1. The van der Waals surface area contributed by atoms with Gasteiger partial charge in [-0.15, -0.1) is 0 Å². The number of nitrogens with one attached hydrogen (secondary N) is 1. The molecule has 0 amide bonds. The van der Waals surface area contributed by atoms with Gasteiger partial charge in [0.15, 0.2) is 5.75 Å². The number of nitro benzene ring substituents is 1. The Morgan fingerprint density at radius 2 is 2.32 bits per heavy atom. The first-order valence-electron chi connectivity index (χ1n) is 5.63. The lowest BCUT2D eigenvalue weighted by Gasteiger charge is -2.12. The summed E-state index contributed by atoms with van der Waals surface area (Å²) in [5.74, 6) is 0.251. The zero-order chi connectivity index (χ0) is 14.4. The van der Waals surface area contributed by atoms with Gasteiger partial charge in [0.25, 0.3) is 0 Å². The number of ether oxygens (including phenoxy) is 1. The summed E-state index contributed by atoms with van der Waals surface area (Å²) in [7, 11) is 1.68. The normalized spacial score (nSPS) is 11.7. The van der Waals surface area contributed by atoms with Gasteiger partial charge in [0.05, 0.1) is 23.6 Å². The highest BCUT2D eigenvalue weighted by Gasteiger charge is 2.19. The van der Waals surface area contributed by atoms with Crippen LogP contribution in [0, 0.1) is 28.4 Å². The van der Waals surface area contributed by atoms with Crippen molar-refractivity contribution in [1.29, 1.82) is 5.26 Å². The summed E-state index contributed by atoms with van der Waals surface area (Å²) < 4.78 is 6.10. The van der Waals surface area contributed by atoms with Gasteiger partial charge in [0.1, 0.15) is 0 Å². The molecule has 0 fully saturated rings. The van der Waals surface area contributed by atoms with Crippen LogP contribution in [-0.2, 0) is 0 Å². The molecule has 0 spiro atoms. The lowest BCUT2D eigenvalue weighted by molar-refractivity contribution is -0.386. The van der Waals surface area contributed by atoms with E-state index in [1.807, 2.05) is 0 Å². The number of halogens is 1. The van der Waals surface area contributed by atoms with Gasteiger partial charge in [0, 0.05) is 17.0 Å². The number of hydrogen-bond acceptors (Lipinski definition) is 5. The first-order chi connectivity index (χ1) is 8.99. The van der Waals surface area contributed by atoms with E-state index < -0.39 is 4.92 Å².